The summed E-state index contributed by atoms with van der Waals surface area (Å²) in [5, 5.41) is 0. The number of halogens is 1. The summed E-state index contributed by atoms with van der Waals surface area (Å²) in [6.45, 7) is 2.28. The largest absolute Gasteiger partial charge is 0.497 e. The molecule has 3 aromatic rings. The number of carbonyl (C=O) groups is 1. The van der Waals surface area contributed by atoms with E-state index in [1.54, 1.807) is 19.3 Å². The Morgan fingerprint density at radius 2 is 1.86 bits per heavy atom. The Bertz CT molecular complexity index is 1120. The molecule has 146 valence electrons. The number of Topliss-reactive ketones (excluding diaryl/α,β-unsaturated/α-hetero) is 1. The predicted octanol–water partition coefficient (Wildman–Crippen LogP) is 5.96. The van der Waals surface area contributed by atoms with Crippen molar-refractivity contribution in [2.75, 3.05) is 7.11 Å². The van der Waals surface area contributed by atoms with E-state index in [1.165, 1.54) is 0 Å². The molecule has 0 aliphatic carbocycles. The maximum Gasteiger partial charge on any atom is 0.232 e. The van der Waals surface area contributed by atoms with Gasteiger partial charge in [-0.2, -0.15) is 0 Å². The van der Waals surface area contributed by atoms with Crippen molar-refractivity contribution < 1.29 is 19.0 Å². The van der Waals surface area contributed by atoms with Crippen molar-refractivity contribution in [1.82, 2.24) is 0 Å². The molecule has 4 rings (SSSR count). The van der Waals surface area contributed by atoms with Gasteiger partial charge in [0.25, 0.3) is 0 Å². The monoisotopic (exact) mass is 450 g/mol. The topological polar surface area (TPSA) is 44.8 Å². The van der Waals surface area contributed by atoms with Crippen LogP contribution in [0.5, 0.6) is 17.2 Å². The van der Waals surface area contributed by atoms with Crippen molar-refractivity contribution in [3.05, 3.63) is 93.1 Å². The van der Waals surface area contributed by atoms with Gasteiger partial charge in [-0.25, -0.2) is 0 Å². The van der Waals surface area contributed by atoms with E-state index >= 15 is 0 Å². The number of benzene rings is 3. The Kier molecular flexibility index (Phi) is 5.41. The van der Waals surface area contributed by atoms with Crippen molar-refractivity contribution in [3.8, 4) is 17.2 Å². The minimum absolute atomic E-state index is 0.114. The number of hydrogen-bond acceptors (Lipinski definition) is 4. The number of allylic oxidation sites excluding steroid dienone is 1. The van der Waals surface area contributed by atoms with Gasteiger partial charge in [-0.05, 0) is 60.0 Å². The van der Waals surface area contributed by atoms with Gasteiger partial charge in [0.15, 0.2) is 5.76 Å². The molecule has 0 bridgehead atoms. The second-order valence-corrected chi connectivity index (χ2v) is 7.66. The van der Waals surface area contributed by atoms with Gasteiger partial charge < -0.3 is 14.2 Å². The van der Waals surface area contributed by atoms with Gasteiger partial charge >= 0.3 is 0 Å². The molecule has 29 heavy (non-hydrogen) atoms. The fraction of sp³-hybridized carbons (Fsp3) is 0.125. The van der Waals surface area contributed by atoms with E-state index in [1.807, 2.05) is 61.5 Å². The van der Waals surface area contributed by atoms with Crippen molar-refractivity contribution >= 4 is 27.8 Å². The molecule has 1 aliphatic rings. The molecule has 1 aliphatic heterocycles. The number of ether oxygens (including phenoxy) is 3. The van der Waals surface area contributed by atoms with E-state index in [9.17, 15) is 4.79 Å². The number of rotatable bonds is 5. The van der Waals surface area contributed by atoms with Crippen molar-refractivity contribution in [2.24, 2.45) is 0 Å². The Balaban J connectivity index is 1.56. The van der Waals surface area contributed by atoms with Gasteiger partial charge in [0.05, 0.1) is 12.7 Å². The first kappa shape index (κ1) is 19.3. The molecule has 0 saturated heterocycles. The highest BCUT2D eigenvalue weighted by Gasteiger charge is 2.30. The van der Waals surface area contributed by atoms with Gasteiger partial charge in [-0.3, -0.25) is 4.79 Å². The first-order valence-corrected chi connectivity index (χ1v) is 9.93. The number of aryl methyl sites for hydroxylation is 1. The fourth-order valence-corrected chi connectivity index (χ4v) is 3.65. The number of ketones is 1. The zero-order valence-corrected chi connectivity index (χ0v) is 17.7. The first-order chi connectivity index (χ1) is 14.0. The third-order valence-electron chi connectivity index (χ3n) is 4.63. The summed E-state index contributed by atoms with van der Waals surface area (Å²) in [7, 11) is 1.64. The SMILES string of the molecule is COc1cccc(COc2cc(C)c3c(c2)O/C(=C\c2cccc(Br)c2)C3=O)c1. The smallest absolute Gasteiger partial charge is 0.232 e. The Morgan fingerprint density at radius 1 is 1.03 bits per heavy atom. The molecular formula is C24H19BrO4. The molecule has 0 radical (unpaired) electrons. The number of methoxy groups -OCH3 is 1. The highest BCUT2D eigenvalue weighted by atomic mass is 79.9. The summed E-state index contributed by atoms with van der Waals surface area (Å²) in [5.74, 6) is 2.16. The molecule has 4 nitrogen and oxygen atoms in total. The first-order valence-electron chi connectivity index (χ1n) is 9.13. The van der Waals surface area contributed by atoms with Gasteiger partial charge in [0.2, 0.25) is 5.78 Å². The zero-order valence-electron chi connectivity index (χ0n) is 16.1. The molecule has 1 heterocycles. The molecule has 0 saturated carbocycles. The normalized spacial score (nSPS) is 13.9. The summed E-state index contributed by atoms with van der Waals surface area (Å²) in [5.41, 5.74) is 3.29. The minimum Gasteiger partial charge on any atom is -0.497 e. The van der Waals surface area contributed by atoms with Crippen LogP contribution >= 0.6 is 15.9 Å². The number of hydrogen-bond donors (Lipinski definition) is 0. The summed E-state index contributed by atoms with van der Waals surface area (Å²) in [4.78, 5) is 12.8. The maximum atomic E-state index is 12.8. The number of fused-ring (bicyclic) bond motifs is 1. The van der Waals surface area contributed by atoms with E-state index in [4.69, 9.17) is 14.2 Å². The van der Waals surface area contributed by atoms with Gasteiger partial charge in [0, 0.05) is 10.5 Å². The minimum atomic E-state index is -0.114. The second-order valence-electron chi connectivity index (χ2n) is 6.75. The van der Waals surface area contributed by atoms with Gasteiger partial charge in [-0.1, -0.05) is 40.2 Å². The highest BCUT2D eigenvalue weighted by Crippen LogP contribution is 2.37. The molecule has 0 fully saturated rings. The van der Waals surface area contributed by atoms with Crippen LogP contribution in [0.15, 0.2) is 70.9 Å². The van der Waals surface area contributed by atoms with Crippen molar-refractivity contribution in [3.63, 3.8) is 0 Å². The summed E-state index contributed by atoms with van der Waals surface area (Å²) >= 11 is 3.44. The van der Waals surface area contributed by atoms with Crippen LogP contribution in [-0.2, 0) is 6.61 Å². The summed E-state index contributed by atoms with van der Waals surface area (Å²) < 4.78 is 18.0. The lowest BCUT2D eigenvalue weighted by Crippen LogP contribution is -2.00. The van der Waals surface area contributed by atoms with Crippen LogP contribution < -0.4 is 14.2 Å². The Morgan fingerprint density at radius 3 is 2.66 bits per heavy atom. The zero-order chi connectivity index (χ0) is 20.4. The highest BCUT2D eigenvalue weighted by molar-refractivity contribution is 9.10. The lowest BCUT2D eigenvalue weighted by atomic mass is 10.0. The molecule has 0 unspecified atom stereocenters. The van der Waals surface area contributed by atoms with E-state index in [0.29, 0.717) is 29.4 Å². The van der Waals surface area contributed by atoms with E-state index in [-0.39, 0.29) is 5.78 Å². The third kappa shape index (κ3) is 4.20. The Labute approximate surface area is 177 Å². The van der Waals surface area contributed by atoms with Crippen LogP contribution in [0.2, 0.25) is 0 Å². The van der Waals surface area contributed by atoms with Crippen LogP contribution in [0.3, 0.4) is 0 Å². The standard InChI is InChI=1S/C24H19BrO4/c1-15-9-20(28-14-17-6-4-8-19(11-17)27-2)13-21-23(15)24(26)22(29-21)12-16-5-3-7-18(25)10-16/h3-13H,14H2,1-2H3/b22-12-. The molecule has 0 amide bonds. The second kappa shape index (κ2) is 8.13. The summed E-state index contributed by atoms with van der Waals surface area (Å²) in [6.07, 6.45) is 1.75. The van der Waals surface area contributed by atoms with Gasteiger partial charge in [-0.15, -0.1) is 0 Å². The molecule has 3 aromatic carbocycles. The molecular weight excluding hydrogens is 432 g/mol. The third-order valence-corrected chi connectivity index (χ3v) is 5.12. The van der Waals surface area contributed by atoms with Crippen LogP contribution in [0.25, 0.3) is 6.08 Å². The quantitative estimate of drug-likeness (QED) is 0.449. The molecule has 5 heteroatoms. The Hall–Kier alpha value is -3.05. The molecule has 0 spiro atoms. The van der Waals surface area contributed by atoms with E-state index in [0.717, 1.165) is 26.9 Å². The van der Waals surface area contributed by atoms with E-state index < -0.39 is 0 Å². The van der Waals surface area contributed by atoms with Gasteiger partial charge in [0.1, 0.15) is 23.9 Å². The maximum absolute atomic E-state index is 12.8. The van der Waals surface area contributed by atoms with Crippen LogP contribution in [0.1, 0.15) is 27.0 Å². The van der Waals surface area contributed by atoms with Crippen LogP contribution in [0.4, 0.5) is 0 Å². The number of carbonyl (C=O) groups excluding carboxylic acids is 1. The predicted molar refractivity (Wildman–Crippen MR) is 116 cm³/mol. The lowest BCUT2D eigenvalue weighted by molar-refractivity contribution is 0.101. The molecule has 0 atom stereocenters. The lowest BCUT2D eigenvalue weighted by Gasteiger charge is -2.10. The van der Waals surface area contributed by atoms with Crippen LogP contribution in [-0.4, -0.2) is 12.9 Å². The van der Waals surface area contributed by atoms with Crippen molar-refractivity contribution in [1.29, 1.82) is 0 Å². The average molecular weight is 451 g/mol. The van der Waals surface area contributed by atoms with Crippen LogP contribution in [0, 0.1) is 6.92 Å². The van der Waals surface area contributed by atoms with Crippen molar-refractivity contribution in [2.45, 2.75) is 13.5 Å². The fourth-order valence-electron chi connectivity index (χ4n) is 3.24. The average Bonchev–Trinajstić information content (AvgIpc) is 3.02. The molecule has 0 N–H and O–H groups in total. The molecule has 0 aromatic heterocycles. The van der Waals surface area contributed by atoms with E-state index in [2.05, 4.69) is 15.9 Å². The summed E-state index contributed by atoms with van der Waals surface area (Å²) in [6, 6.07) is 19.1.